The van der Waals surface area contributed by atoms with Crippen LogP contribution in [0.3, 0.4) is 0 Å². The summed E-state index contributed by atoms with van der Waals surface area (Å²) >= 11 is 0. The quantitative estimate of drug-likeness (QED) is 0.826. The fraction of sp³-hybridized carbons (Fsp3) is 0.400. The molecule has 4 nitrogen and oxygen atoms in total. The van der Waals surface area contributed by atoms with Crippen LogP contribution in [0.15, 0.2) is 36.8 Å². The predicted octanol–water partition coefficient (Wildman–Crippen LogP) is 2.92. The number of pyridine rings is 1. The van der Waals surface area contributed by atoms with Crippen molar-refractivity contribution in [3.63, 3.8) is 0 Å². The maximum atomic E-state index is 4.68. The van der Waals surface area contributed by atoms with Gasteiger partial charge in [-0.15, -0.1) is 0 Å². The van der Waals surface area contributed by atoms with E-state index in [4.69, 9.17) is 0 Å². The molecule has 0 amide bonds. The first-order valence-corrected chi connectivity index (χ1v) is 6.92. The van der Waals surface area contributed by atoms with Gasteiger partial charge in [-0.25, -0.2) is 9.97 Å². The van der Waals surface area contributed by atoms with Gasteiger partial charge in [-0.1, -0.05) is 12.8 Å². The Kier molecular flexibility index (Phi) is 3.68. The highest BCUT2D eigenvalue weighted by Crippen LogP contribution is 2.20. The second-order valence-electron chi connectivity index (χ2n) is 4.88. The lowest BCUT2D eigenvalue weighted by Crippen LogP contribution is -2.26. The molecule has 0 N–H and O–H groups in total. The monoisotopic (exact) mass is 254 g/mol. The van der Waals surface area contributed by atoms with E-state index in [1.54, 1.807) is 6.20 Å². The van der Waals surface area contributed by atoms with Gasteiger partial charge >= 0.3 is 0 Å². The van der Waals surface area contributed by atoms with Gasteiger partial charge in [0.15, 0.2) is 0 Å². The molecule has 0 bridgehead atoms. The molecule has 0 radical (unpaired) electrons. The van der Waals surface area contributed by atoms with Crippen LogP contribution < -0.4 is 4.90 Å². The molecule has 3 rings (SSSR count). The molecule has 1 saturated heterocycles. The Morgan fingerprint density at radius 3 is 2.53 bits per heavy atom. The topological polar surface area (TPSA) is 41.9 Å². The summed E-state index contributed by atoms with van der Waals surface area (Å²) in [4.78, 5) is 15.6. The van der Waals surface area contributed by atoms with Gasteiger partial charge in [-0.2, -0.15) is 0 Å². The van der Waals surface area contributed by atoms with Crippen molar-refractivity contribution >= 4 is 5.95 Å². The zero-order chi connectivity index (χ0) is 12.9. The minimum absolute atomic E-state index is 0.850. The van der Waals surface area contributed by atoms with Gasteiger partial charge in [0.1, 0.15) is 0 Å². The highest BCUT2D eigenvalue weighted by Gasteiger charge is 2.13. The summed E-state index contributed by atoms with van der Waals surface area (Å²) in [5, 5.41) is 0. The molecule has 0 atom stereocenters. The standard InChI is InChI=1S/C15H18N4/c1-2-4-11-19(10-3-1)15-17-9-7-14(18-15)13-6-5-8-16-12-13/h5-9,12H,1-4,10-11H2. The Bertz CT molecular complexity index is 519. The van der Waals surface area contributed by atoms with Crippen molar-refractivity contribution in [2.45, 2.75) is 25.7 Å². The third kappa shape index (κ3) is 2.89. The fourth-order valence-electron chi connectivity index (χ4n) is 2.45. The van der Waals surface area contributed by atoms with Crippen LogP contribution in [0.5, 0.6) is 0 Å². The van der Waals surface area contributed by atoms with Crippen LogP contribution in [0.1, 0.15) is 25.7 Å². The molecular weight excluding hydrogens is 236 g/mol. The molecule has 0 saturated carbocycles. The molecular formula is C15H18N4. The van der Waals surface area contributed by atoms with Crippen LogP contribution in [-0.2, 0) is 0 Å². The predicted molar refractivity (Wildman–Crippen MR) is 75.9 cm³/mol. The molecule has 0 aromatic carbocycles. The minimum atomic E-state index is 0.850. The molecule has 2 aromatic rings. The molecule has 4 heteroatoms. The molecule has 19 heavy (non-hydrogen) atoms. The molecule has 3 heterocycles. The van der Waals surface area contributed by atoms with E-state index in [0.717, 1.165) is 30.3 Å². The summed E-state index contributed by atoms with van der Waals surface area (Å²) in [5.41, 5.74) is 1.99. The number of aromatic nitrogens is 3. The van der Waals surface area contributed by atoms with E-state index in [1.165, 1.54) is 25.7 Å². The summed E-state index contributed by atoms with van der Waals surface area (Å²) in [6.07, 6.45) is 10.6. The highest BCUT2D eigenvalue weighted by molar-refractivity contribution is 5.58. The van der Waals surface area contributed by atoms with Crippen molar-refractivity contribution in [1.29, 1.82) is 0 Å². The normalized spacial score (nSPS) is 16.1. The lowest BCUT2D eigenvalue weighted by atomic mass is 10.2. The second-order valence-corrected chi connectivity index (χ2v) is 4.88. The molecule has 1 aliphatic rings. The van der Waals surface area contributed by atoms with E-state index in [0.29, 0.717) is 0 Å². The number of nitrogens with zero attached hydrogens (tertiary/aromatic N) is 4. The number of hydrogen-bond donors (Lipinski definition) is 0. The summed E-state index contributed by atoms with van der Waals surface area (Å²) < 4.78 is 0. The Balaban J connectivity index is 1.87. The zero-order valence-electron chi connectivity index (χ0n) is 11.0. The summed E-state index contributed by atoms with van der Waals surface area (Å²) in [6, 6.07) is 5.91. The summed E-state index contributed by atoms with van der Waals surface area (Å²) in [6.45, 7) is 2.13. The third-order valence-electron chi connectivity index (χ3n) is 3.49. The first-order chi connectivity index (χ1) is 9.43. The van der Waals surface area contributed by atoms with Crippen molar-refractivity contribution in [1.82, 2.24) is 15.0 Å². The highest BCUT2D eigenvalue weighted by atomic mass is 15.2. The maximum Gasteiger partial charge on any atom is 0.225 e. The Morgan fingerprint density at radius 1 is 0.947 bits per heavy atom. The molecule has 0 aliphatic carbocycles. The second kappa shape index (κ2) is 5.78. The average molecular weight is 254 g/mol. The van der Waals surface area contributed by atoms with Crippen molar-refractivity contribution in [2.75, 3.05) is 18.0 Å². The third-order valence-corrected chi connectivity index (χ3v) is 3.49. The van der Waals surface area contributed by atoms with E-state index < -0.39 is 0 Å². The molecule has 2 aromatic heterocycles. The zero-order valence-corrected chi connectivity index (χ0v) is 11.0. The first-order valence-electron chi connectivity index (χ1n) is 6.92. The molecule has 0 spiro atoms. The van der Waals surface area contributed by atoms with Crippen LogP contribution in [0, 0.1) is 0 Å². The minimum Gasteiger partial charge on any atom is -0.341 e. The lowest BCUT2D eigenvalue weighted by molar-refractivity contribution is 0.726. The van der Waals surface area contributed by atoms with Gasteiger partial charge < -0.3 is 4.90 Å². The van der Waals surface area contributed by atoms with Crippen molar-refractivity contribution in [3.8, 4) is 11.3 Å². The summed E-state index contributed by atoms with van der Waals surface area (Å²) in [5.74, 6) is 0.850. The van der Waals surface area contributed by atoms with Crippen LogP contribution in [0.4, 0.5) is 5.95 Å². The molecule has 0 unspecified atom stereocenters. The van der Waals surface area contributed by atoms with Gasteiger partial charge in [-0.3, -0.25) is 4.98 Å². The Morgan fingerprint density at radius 2 is 1.79 bits per heavy atom. The van der Waals surface area contributed by atoms with Crippen molar-refractivity contribution in [2.24, 2.45) is 0 Å². The fourth-order valence-corrected chi connectivity index (χ4v) is 2.45. The van der Waals surface area contributed by atoms with E-state index >= 15 is 0 Å². The maximum absolute atomic E-state index is 4.68. The van der Waals surface area contributed by atoms with E-state index in [2.05, 4.69) is 19.9 Å². The molecule has 98 valence electrons. The number of rotatable bonds is 2. The van der Waals surface area contributed by atoms with Gasteiger partial charge in [0, 0.05) is 37.2 Å². The van der Waals surface area contributed by atoms with Crippen LogP contribution in [-0.4, -0.2) is 28.0 Å². The van der Waals surface area contributed by atoms with E-state index in [-0.39, 0.29) is 0 Å². The Labute approximate surface area is 113 Å². The lowest BCUT2D eigenvalue weighted by Gasteiger charge is -2.20. The van der Waals surface area contributed by atoms with Gasteiger partial charge in [0.05, 0.1) is 5.69 Å². The van der Waals surface area contributed by atoms with E-state index in [9.17, 15) is 0 Å². The SMILES string of the molecule is c1cncc(-c2ccnc(N3CCCCCC3)n2)c1. The van der Waals surface area contributed by atoms with Crippen molar-refractivity contribution < 1.29 is 0 Å². The summed E-state index contributed by atoms with van der Waals surface area (Å²) in [7, 11) is 0. The average Bonchev–Trinajstić information content (AvgIpc) is 2.77. The Hall–Kier alpha value is -1.97. The first kappa shape index (κ1) is 12.1. The van der Waals surface area contributed by atoms with Crippen molar-refractivity contribution in [3.05, 3.63) is 36.8 Å². The smallest absolute Gasteiger partial charge is 0.225 e. The van der Waals surface area contributed by atoms with Crippen LogP contribution in [0.2, 0.25) is 0 Å². The molecule has 1 aliphatic heterocycles. The van der Waals surface area contributed by atoms with Crippen LogP contribution in [0.25, 0.3) is 11.3 Å². The van der Waals surface area contributed by atoms with E-state index in [1.807, 2.05) is 30.6 Å². The number of hydrogen-bond acceptors (Lipinski definition) is 4. The van der Waals surface area contributed by atoms with Gasteiger partial charge in [-0.05, 0) is 31.0 Å². The van der Waals surface area contributed by atoms with Gasteiger partial charge in [0.2, 0.25) is 5.95 Å². The van der Waals surface area contributed by atoms with Gasteiger partial charge in [0.25, 0.3) is 0 Å². The molecule has 1 fully saturated rings. The number of anilines is 1. The van der Waals surface area contributed by atoms with Crippen LogP contribution >= 0.6 is 0 Å². The largest absolute Gasteiger partial charge is 0.341 e.